The molecule has 0 saturated carbocycles. The van der Waals surface area contributed by atoms with Crippen LogP contribution in [0.4, 0.5) is 0 Å². The molecule has 0 spiro atoms. The Bertz CT molecular complexity index is 1120. The summed E-state index contributed by atoms with van der Waals surface area (Å²) in [4.78, 5) is 24.6. The minimum atomic E-state index is -0.804. The molecule has 1 aromatic heterocycles. The van der Waals surface area contributed by atoms with Crippen molar-refractivity contribution in [3.05, 3.63) is 64.0 Å². The summed E-state index contributed by atoms with van der Waals surface area (Å²) in [6.45, 7) is 0.329. The van der Waals surface area contributed by atoms with Crippen molar-refractivity contribution in [2.45, 2.75) is 12.5 Å². The van der Waals surface area contributed by atoms with Gasteiger partial charge < -0.3 is 29.1 Å². The van der Waals surface area contributed by atoms with Gasteiger partial charge in [0.2, 0.25) is 6.79 Å². The molecule has 8 heteroatoms. The Kier molecular flexibility index (Phi) is 5.09. The molecule has 2 heterocycles. The lowest BCUT2D eigenvalue weighted by Crippen LogP contribution is -2.29. The largest absolute Gasteiger partial charge is 0.493 e. The molecule has 0 radical (unpaired) electrons. The number of rotatable bonds is 6. The second-order valence-electron chi connectivity index (χ2n) is 6.50. The first-order chi connectivity index (χ1) is 14.1. The molecule has 4 rings (SSSR count). The number of fused-ring (bicyclic) bond motifs is 2. The summed E-state index contributed by atoms with van der Waals surface area (Å²) in [6, 6.07) is 11.8. The SMILES string of the molecule is COc1cccc2cc(C(=O)NCCC(O)c3ccc4c(c3)OCO4)c(=O)oc12. The number of aliphatic hydroxyl groups excluding tert-OH is 1. The van der Waals surface area contributed by atoms with Crippen molar-refractivity contribution in [1.29, 1.82) is 0 Å². The Morgan fingerprint density at radius 2 is 2.03 bits per heavy atom. The summed E-state index contributed by atoms with van der Waals surface area (Å²) >= 11 is 0. The highest BCUT2D eigenvalue weighted by Crippen LogP contribution is 2.34. The lowest BCUT2D eigenvalue weighted by molar-refractivity contribution is 0.0939. The molecule has 150 valence electrons. The second kappa shape index (κ2) is 7.84. The topological polar surface area (TPSA) is 107 Å². The summed E-state index contributed by atoms with van der Waals surface area (Å²) in [5.41, 5.74) is 0.0785. The van der Waals surface area contributed by atoms with E-state index in [0.717, 1.165) is 0 Å². The van der Waals surface area contributed by atoms with Gasteiger partial charge in [-0.2, -0.15) is 0 Å². The van der Waals surface area contributed by atoms with Crippen LogP contribution in [-0.4, -0.2) is 31.5 Å². The summed E-state index contributed by atoms with van der Waals surface area (Å²) < 4.78 is 21.0. The van der Waals surface area contributed by atoms with Gasteiger partial charge in [0.05, 0.1) is 13.2 Å². The standard InChI is InChI=1S/C21H19NO7/c1-26-17-4-2-3-13-9-14(21(25)29-19(13)17)20(24)22-8-7-15(23)12-5-6-16-18(10-12)28-11-27-16/h2-6,9-10,15,23H,7-8,11H2,1H3,(H,22,24). The Labute approximate surface area is 165 Å². The highest BCUT2D eigenvalue weighted by atomic mass is 16.7. The fourth-order valence-corrected chi connectivity index (χ4v) is 3.14. The van der Waals surface area contributed by atoms with Crippen LogP contribution >= 0.6 is 0 Å². The Balaban J connectivity index is 1.42. The maximum atomic E-state index is 12.4. The molecule has 3 aromatic rings. The minimum absolute atomic E-state index is 0.108. The van der Waals surface area contributed by atoms with Crippen LogP contribution < -0.4 is 25.2 Å². The van der Waals surface area contributed by atoms with Gasteiger partial charge in [0.15, 0.2) is 22.8 Å². The Hall–Kier alpha value is -3.52. The van der Waals surface area contributed by atoms with Gasteiger partial charge in [-0.05, 0) is 36.2 Å². The van der Waals surface area contributed by atoms with Gasteiger partial charge in [0, 0.05) is 11.9 Å². The number of carbonyl (C=O) groups excluding carboxylic acids is 1. The first-order valence-electron chi connectivity index (χ1n) is 9.03. The predicted molar refractivity (Wildman–Crippen MR) is 104 cm³/mol. The van der Waals surface area contributed by atoms with E-state index < -0.39 is 17.6 Å². The van der Waals surface area contributed by atoms with E-state index in [-0.39, 0.29) is 30.9 Å². The highest BCUT2D eigenvalue weighted by Gasteiger charge is 2.18. The second-order valence-corrected chi connectivity index (χ2v) is 6.50. The smallest absolute Gasteiger partial charge is 0.349 e. The van der Waals surface area contributed by atoms with Crippen molar-refractivity contribution in [3.63, 3.8) is 0 Å². The first-order valence-corrected chi connectivity index (χ1v) is 9.03. The van der Waals surface area contributed by atoms with Crippen molar-refractivity contribution in [1.82, 2.24) is 5.32 Å². The summed E-state index contributed by atoms with van der Waals surface area (Å²) in [7, 11) is 1.47. The number of benzene rings is 2. The number of ether oxygens (including phenoxy) is 3. The van der Waals surface area contributed by atoms with Crippen LogP contribution in [0.25, 0.3) is 11.0 Å². The van der Waals surface area contributed by atoms with Crippen molar-refractivity contribution >= 4 is 16.9 Å². The fraction of sp³-hybridized carbons (Fsp3) is 0.238. The molecule has 0 aliphatic carbocycles. The summed E-state index contributed by atoms with van der Waals surface area (Å²) in [5, 5.41) is 13.6. The average Bonchev–Trinajstić information content (AvgIpc) is 3.20. The van der Waals surface area contributed by atoms with Gasteiger partial charge in [-0.25, -0.2) is 4.79 Å². The van der Waals surface area contributed by atoms with Gasteiger partial charge in [-0.1, -0.05) is 18.2 Å². The quantitative estimate of drug-likeness (QED) is 0.615. The normalized spacial score (nSPS) is 13.3. The third-order valence-electron chi connectivity index (χ3n) is 4.67. The van der Waals surface area contributed by atoms with Crippen molar-refractivity contribution in [3.8, 4) is 17.2 Å². The van der Waals surface area contributed by atoms with Crippen molar-refractivity contribution < 1.29 is 28.5 Å². The van der Waals surface area contributed by atoms with Crippen LogP contribution in [-0.2, 0) is 0 Å². The van der Waals surface area contributed by atoms with Crippen LogP contribution in [0, 0.1) is 0 Å². The molecule has 0 saturated heterocycles. The molecule has 2 aromatic carbocycles. The number of para-hydroxylation sites is 1. The van der Waals surface area contributed by atoms with Gasteiger partial charge in [-0.15, -0.1) is 0 Å². The molecule has 0 bridgehead atoms. The highest BCUT2D eigenvalue weighted by molar-refractivity contribution is 5.97. The number of aliphatic hydroxyl groups is 1. The van der Waals surface area contributed by atoms with E-state index in [4.69, 9.17) is 18.6 Å². The molecule has 29 heavy (non-hydrogen) atoms. The molecule has 8 nitrogen and oxygen atoms in total. The number of carbonyl (C=O) groups is 1. The van der Waals surface area contributed by atoms with Crippen LogP contribution in [0.3, 0.4) is 0 Å². The molecule has 2 N–H and O–H groups in total. The number of methoxy groups -OCH3 is 1. The number of amides is 1. The minimum Gasteiger partial charge on any atom is -0.493 e. The monoisotopic (exact) mass is 397 g/mol. The molecular formula is C21H19NO7. The van der Waals surface area contributed by atoms with Crippen molar-refractivity contribution in [2.75, 3.05) is 20.4 Å². The first kappa shape index (κ1) is 18.8. The molecule has 1 aliphatic heterocycles. The van der Waals surface area contributed by atoms with Crippen molar-refractivity contribution in [2.24, 2.45) is 0 Å². The third-order valence-corrected chi connectivity index (χ3v) is 4.67. The lowest BCUT2D eigenvalue weighted by Gasteiger charge is -2.12. The van der Waals surface area contributed by atoms with Gasteiger partial charge >= 0.3 is 5.63 Å². The Morgan fingerprint density at radius 3 is 2.86 bits per heavy atom. The average molecular weight is 397 g/mol. The maximum Gasteiger partial charge on any atom is 0.349 e. The summed E-state index contributed by atoms with van der Waals surface area (Å²) in [5.74, 6) is 1.06. The predicted octanol–water partition coefficient (Wildman–Crippen LogP) is 2.38. The lowest BCUT2D eigenvalue weighted by atomic mass is 10.1. The summed E-state index contributed by atoms with van der Waals surface area (Å²) in [6.07, 6.45) is -0.542. The van der Waals surface area contributed by atoms with E-state index in [0.29, 0.717) is 28.2 Å². The molecule has 1 aliphatic rings. The maximum absolute atomic E-state index is 12.4. The van der Waals surface area contributed by atoms with Gasteiger partial charge in [0.25, 0.3) is 5.91 Å². The fourth-order valence-electron chi connectivity index (χ4n) is 3.14. The van der Waals surface area contributed by atoms with E-state index in [1.165, 1.54) is 13.2 Å². The van der Waals surface area contributed by atoms with E-state index in [9.17, 15) is 14.7 Å². The zero-order valence-electron chi connectivity index (χ0n) is 15.6. The van der Waals surface area contributed by atoms with Gasteiger partial charge in [-0.3, -0.25) is 4.79 Å². The van der Waals surface area contributed by atoms with E-state index in [2.05, 4.69) is 5.32 Å². The number of hydrogen-bond acceptors (Lipinski definition) is 7. The third kappa shape index (κ3) is 3.74. The van der Waals surface area contributed by atoms with Crippen LogP contribution in [0.1, 0.15) is 28.4 Å². The van der Waals surface area contributed by atoms with E-state index >= 15 is 0 Å². The Morgan fingerprint density at radius 1 is 1.21 bits per heavy atom. The van der Waals surface area contributed by atoms with Gasteiger partial charge in [0.1, 0.15) is 5.56 Å². The zero-order chi connectivity index (χ0) is 20.4. The zero-order valence-corrected chi connectivity index (χ0v) is 15.6. The van der Waals surface area contributed by atoms with E-state index in [1.807, 2.05) is 0 Å². The molecule has 0 fully saturated rings. The van der Waals surface area contributed by atoms with Crippen LogP contribution in [0.2, 0.25) is 0 Å². The molecule has 1 unspecified atom stereocenters. The molecule has 1 amide bonds. The number of nitrogens with one attached hydrogen (secondary N) is 1. The van der Waals surface area contributed by atoms with E-state index in [1.54, 1.807) is 36.4 Å². The molecular weight excluding hydrogens is 378 g/mol. The van der Waals surface area contributed by atoms with Crippen LogP contribution in [0.5, 0.6) is 17.2 Å². The molecule has 1 atom stereocenters. The van der Waals surface area contributed by atoms with Crippen LogP contribution in [0.15, 0.2) is 51.7 Å². The number of hydrogen-bond donors (Lipinski definition) is 2.